The Hall–Kier alpha value is -1.95. The Labute approximate surface area is 141 Å². The Balaban J connectivity index is 0.000000924. The molecule has 1 fully saturated rings. The summed E-state index contributed by atoms with van der Waals surface area (Å²) < 4.78 is 0. The minimum absolute atomic E-state index is 0.171. The molecule has 0 radical (unpaired) electrons. The van der Waals surface area contributed by atoms with Gasteiger partial charge in [-0.2, -0.15) is 0 Å². The summed E-state index contributed by atoms with van der Waals surface area (Å²) in [7, 11) is 0. The van der Waals surface area contributed by atoms with Crippen LogP contribution in [0.15, 0.2) is 41.8 Å². The summed E-state index contributed by atoms with van der Waals surface area (Å²) in [6.07, 6.45) is 5.67. The van der Waals surface area contributed by atoms with Gasteiger partial charge in [0.15, 0.2) is 5.16 Å². The van der Waals surface area contributed by atoms with Crippen LogP contribution in [0, 0.1) is 0 Å². The number of carbonyl (C=O) groups is 1. The van der Waals surface area contributed by atoms with Crippen molar-refractivity contribution in [3.63, 3.8) is 0 Å². The molecule has 1 saturated heterocycles. The van der Waals surface area contributed by atoms with E-state index in [2.05, 4.69) is 15.0 Å². The third-order valence-corrected chi connectivity index (χ3v) is 4.19. The lowest BCUT2D eigenvalue weighted by atomic mass is 10.3. The minimum atomic E-state index is 0.171. The Bertz CT molecular complexity index is 615. The number of hydrogen-bond acceptors (Lipinski definition) is 5. The summed E-state index contributed by atoms with van der Waals surface area (Å²) in [6.45, 7) is 5.77. The van der Waals surface area contributed by atoms with Crippen LogP contribution in [0.3, 0.4) is 0 Å². The first-order valence-corrected chi connectivity index (χ1v) is 8.96. The molecule has 0 aromatic carbocycles. The maximum Gasteiger partial charge on any atom is 0.233 e. The molecule has 0 saturated carbocycles. The van der Waals surface area contributed by atoms with Crippen LogP contribution in [0.1, 0.15) is 26.7 Å². The highest BCUT2D eigenvalue weighted by molar-refractivity contribution is 7.99. The molecular formula is C17H22N4OS. The van der Waals surface area contributed by atoms with Crippen LogP contribution < -0.4 is 0 Å². The normalized spacial score (nSPS) is 13.4. The van der Waals surface area contributed by atoms with E-state index in [0.29, 0.717) is 10.9 Å². The van der Waals surface area contributed by atoms with Gasteiger partial charge in [-0.15, -0.1) is 0 Å². The van der Waals surface area contributed by atoms with E-state index in [0.717, 1.165) is 37.3 Å². The maximum absolute atomic E-state index is 12.0. The predicted molar refractivity (Wildman–Crippen MR) is 93.1 cm³/mol. The first-order chi connectivity index (χ1) is 11.3. The third-order valence-electron chi connectivity index (χ3n) is 3.34. The van der Waals surface area contributed by atoms with Crippen molar-refractivity contribution in [2.75, 3.05) is 18.8 Å². The molecule has 6 heteroatoms. The Morgan fingerprint density at radius 1 is 1.09 bits per heavy atom. The number of nitrogens with zero attached hydrogens (tertiary/aromatic N) is 4. The van der Waals surface area contributed by atoms with E-state index in [4.69, 9.17) is 0 Å². The first kappa shape index (κ1) is 17.4. The number of amides is 1. The summed E-state index contributed by atoms with van der Waals surface area (Å²) in [6, 6.07) is 7.53. The molecule has 1 aliphatic heterocycles. The molecule has 5 nitrogen and oxygen atoms in total. The van der Waals surface area contributed by atoms with Crippen LogP contribution in [-0.4, -0.2) is 44.6 Å². The highest BCUT2D eigenvalue weighted by Crippen LogP contribution is 2.19. The lowest BCUT2D eigenvalue weighted by Gasteiger charge is -2.14. The molecule has 2 aromatic heterocycles. The summed E-state index contributed by atoms with van der Waals surface area (Å²) in [4.78, 5) is 26.9. The lowest BCUT2D eigenvalue weighted by molar-refractivity contribution is -0.127. The van der Waals surface area contributed by atoms with Crippen LogP contribution in [0.2, 0.25) is 0 Å². The molecule has 3 heterocycles. The molecule has 0 atom stereocenters. The van der Waals surface area contributed by atoms with Crippen molar-refractivity contribution in [2.45, 2.75) is 31.8 Å². The highest BCUT2D eigenvalue weighted by Gasteiger charge is 2.18. The Kier molecular flexibility index (Phi) is 7.00. The van der Waals surface area contributed by atoms with Crippen molar-refractivity contribution in [1.82, 2.24) is 19.9 Å². The predicted octanol–water partition coefficient (Wildman–Crippen LogP) is 3.28. The monoisotopic (exact) mass is 330 g/mol. The Morgan fingerprint density at radius 3 is 2.57 bits per heavy atom. The summed E-state index contributed by atoms with van der Waals surface area (Å²) in [5.74, 6) is 0.565. The molecule has 0 aliphatic carbocycles. The van der Waals surface area contributed by atoms with Gasteiger partial charge in [-0.05, 0) is 31.0 Å². The number of aromatic nitrogens is 3. The molecule has 122 valence electrons. The van der Waals surface area contributed by atoms with Gasteiger partial charge in [0.25, 0.3) is 0 Å². The number of carbonyl (C=O) groups excluding carboxylic acids is 1. The molecule has 3 rings (SSSR count). The molecule has 1 amide bonds. The van der Waals surface area contributed by atoms with Crippen molar-refractivity contribution < 1.29 is 4.79 Å². The van der Waals surface area contributed by atoms with E-state index < -0.39 is 0 Å². The van der Waals surface area contributed by atoms with Gasteiger partial charge < -0.3 is 4.90 Å². The van der Waals surface area contributed by atoms with E-state index in [-0.39, 0.29) is 5.91 Å². The van der Waals surface area contributed by atoms with Crippen molar-refractivity contribution in [3.05, 3.63) is 36.7 Å². The quantitative estimate of drug-likeness (QED) is 0.636. The van der Waals surface area contributed by atoms with E-state index in [1.54, 1.807) is 12.4 Å². The number of thioether (sulfide) groups is 1. The average molecular weight is 330 g/mol. The van der Waals surface area contributed by atoms with E-state index >= 15 is 0 Å². The smallest absolute Gasteiger partial charge is 0.233 e. The second-order valence-electron chi connectivity index (χ2n) is 4.82. The van der Waals surface area contributed by atoms with Crippen molar-refractivity contribution in [2.24, 2.45) is 0 Å². The fraction of sp³-hybridized carbons (Fsp3) is 0.412. The SMILES string of the molecule is CC.O=C(CSc1nccc(-c2ccccn2)n1)N1CCCC1. The van der Waals surface area contributed by atoms with Crippen LogP contribution in [0.25, 0.3) is 11.4 Å². The maximum atomic E-state index is 12.0. The largest absolute Gasteiger partial charge is 0.342 e. The summed E-state index contributed by atoms with van der Waals surface area (Å²) >= 11 is 1.38. The Morgan fingerprint density at radius 2 is 1.87 bits per heavy atom. The van der Waals surface area contributed by atoms with Gasteiger partial charge in [-0.1, -0.05) is 31.7 Å². The molecule has 0 N–H and O–H groups in total. The molecule has 23 heavy (non-hydrogen) atoms. The van der Waals surface area contributed by atoms with Gasteiger partial charge in [0.05, 0.1) is 17.1 Å². The topological polar surface area (TPSA) is 59.0 Å². The zero-order valence-corrected chi connectivity index (χ0v) is 14.4. The number of pyridine rings is 1. The van der Waals surface area contributed by atoms with E-state index in [9.17, 15) is 4.79 Å². The van der Waals surface area contributed by atoms with E-state index in [1.165, 1.54) is 11.8 Å². The van der Waals surface area contributed by atoms with Gasteiger partial charge in [0.1, 0.15) is 0 Å². The zero-order chi connectivity index (χ0) is 16.5. The highest BCUT2D eigenvalue weighted by atomic mass is 32.2. The fourth-order valence-electron chi connectivity index (χ4n) is 2.25. The van der Waals surface area contributed by atoms with Gasteiger partial charge in [-0.3, -0.25) is 9.78 Å². The molecule has 2 aromatic rings. The number of hydrogen-bond donors (Lipinski definition) is 0. The van der Waals surface area contributed by atoms with Gasteiger partial charge in [-0.25, -0.2) is 9.97 Å². The number of rotatable bonds is 4. The standard InChI is InChI=1S/C15H16N4OS.C2H6/c20-14(19-9-3-4-10-19)11-21-15-17-8-6-13(18-15)12-5-1-2-7-16-12;1-2/h1-2,5-8H,3-4,9-11H2;1-2H3. The van der Waals surface area contributed by atoms with E-state index in [1.807, 2.05) is 43.0 Å². The second kappa shape index (κ2) is 9.25. The average Bonchev–Trinajstić information content (AvgIpc) is 3.17. The fourth-order valence-corrected chi connectivity index (χ4v) is 2.98. The van der Waals surface area contributed by atoms with Crippen LogP contribution in [0.5, 0.6) is 0 Å². The molecule has 0 unspecified atom stereocenters. The van der Waals surface area contributed by atoms with Crippen LogP contribution in [0.4, 0.5) is 0 Å². The molecular weight excluding hydrogens is 308 g/mol. The lowest BCUT2D eigenvalue weighted by Crippen LogP contribution is -2.29. The van der Waals surface area contributed by atoms with Gasteiger partial charge in [0.2, 0.25) is 5.91 Å². The molecule has 0 spiro atoms. The van der Waals surface area contributed by atoms with Crippen LogP contribution in [-0.2, 0) is 4.79 Å². The minimum Gasteiger partial charge on any atom is -0.342 e. The van der Waals surface area contributed by atoms with Crippen molar-refractivity contribution >= 4 is 17.7 Å². The third kappa shape index (κ3) is 5.03. The molecule has 1 aliphatic rings. The van der Waals surface area contributed by atoms with Crippen molar-refractivity contribution in [3.8, 4) is 11.4 Å². The van der Waals surface area contributed by atoms with Crippen molar-refractivity contribution in [1.29, 1.82) is 0 Å². The summed E-state index contributed by atoms with van der Waals surface area (Å²) in [5.41, 5.74) is 1.59. The first-order valence-electron chi connectivity index (χ1n) is 7.98. The van der Waals surface area contributed by atoms with Gasteiger partial charge >= 0.3 is 0 Å². The zero-order valence-electron chi connectivity index (χ0n) is 13.6. The second-order valence-corrected chi connectivity index (χ2v) is 5.76. The number of likely N-dealkylation sites (tertiary alicyclic amines) is 1. The van der Waals surface area contributed by atoms with Crippen LogP contribution >= 0.6 is 11.8 Å². The molecule has 0 bridgehead atoms. The summed E-state index contributed by atoms with van der Waals surface area (Å²) in [5, 5.41) is 0.616. The van der Waals surface area contributed by atoms with Gasteiger partial charge in [0, 0.05) is 25.5 Å².